The molecule has 6 nitrogen and oxygen atoms in total. The molecule has 1 N–H and O–H groups in total. The van der Waals surface area contributed by atoms with Crippen molar-refractivity contribution in [1.82, 2.24) is 15.1 Å². The second kappa shape index (κ2) is 6.33. The van der Waals surface area contributed by atoms with Gasteiger partial charge in [-0.3, -0.25) is 14.7 Å². The maximum atomic E-state index is 13.2. The van der Waals surface area contributed by atoms with E-state index < -0.39 is 30.0 Å². The van der Waals surface area contributed by atoms with E-state index >= 15 is 0 Å². The van der Waals surface area contributed by atoms with Crippen LogP contribution in [0.15, 0.2) is 18.8 Å². The van der Waals surface area contributed by atoms with Gasteiger partial charge in [0.15, 0.2) is 0 Å². The minimum atomic E-state index is -4.55. The van der Waals surface area contributed by atoms with Crippen molar-refractivity contribution >= 4 is 28.4 Å². The number of carbonyl (C=O) groups is 2. The van der Waals surface area contributed by atoms with E-state index in [2.05, 4.69) is 16.8 Å². The van der Waals surface area contributed by atoms with Gasteiger partial charge in [0.25, 0.3) is 0 Å². The monoisotopic (exact) mass is 407 g/mol. The molecule has 4 rings (SSSR count). The van der Waals surface area contributed by atoms with Crippen LogP contribution in [0.3, 0.4) is 0 Å². The second-order valence-electron chi connectivity index (χ2n) is 7.87. The van der Waals surface area contributed by atoms with Crippen LogP contribution in [0.2, 0.25) is 0 Å². The largest absolute Gasteiger partial charge is 0.469 e. The Bertz CT molecular complexity index is 1040. The molecule has 0 radical (unpaired) electrons. The fourth-order valence-corrected chi connectivity index (χ4v) is 4.49. The van der Waals surface area contributed by atoms with E-state index in [1.165, 1.54) is 7.11 Å². The van der Waals surface area contributed by atoms with Crippen LogP contribution in [0.1, 0.15) is 42.4 Å². The van der Waals surface area contributed by atoms with Crippen molar-refractivity contribution < 1.29 is 27.5 Å². The third kappa shape index (κ3) is 3.08. The Morgan fingerprint density at radius 1 is 1.48 bits per heavy atom. The van der Waals surface area contributed by atoms with Crippen LogP contribution in [0.25, 0.3) is 16.5 Å². The summed E-state index contributed by atoms with van der Waals surface area (Å²) in [7, 11) is 1.20. The van der Waals surface area contributed by atoms with Gasteiger partial charge in [-0.25, -0.2) is 0 Å². The first-order chi connectivity index (χ1) is 13.6. The van der Waals surface area contributed by atoms with E-state index in [1.807, 2.05) is 13.0 Å². The molecule has 29 heavy (non-hydrogen) atoms. The molecular formula is C20H20F3N3O3. The number of esters is 1. The molecule has 2 aromatic rings. The highest BCUT2D eigenvalue weighted by atomic mass is 19.4. The second-order valence-corrected chi connectivity index (χ2v) is 7.87. The zero-order valence-corrected chi connectivity index (χ0v) is 16.0. The Balaban J connectivity index is 1.90. The molecule has 154 valence electrons. The number of methoxy groups -OCH3 is 1. The Morgan fingerprint density at radius 3 is 2.83 bits per heavy atom. The fourth-order valence-electron chi connectivity index (χ4n) is 4.49. The molecule has 1 fully saturated rings. The van der Waals surface area contributed by atoms with Gasteiger partial charge in [-0.2, -0.15) is 18.3 Å². The van der Waals surface area contributed by atoms with Crippen molar-refractivity contribution in [3.63, 3.8) is 0 Å². The predicted molar refractivity (Wildman–Crippen MR) is 98.7 cm³/mol. The van der Waals surface area contributed by atoms with Gasteiger partial charge in [-0.15, -0.1) is 0 Å². The summed E-state index contributed by atoms with van der Waals surface area (Å²) in [5.74, 6) is -1.62. The standard InChI is InChI=1S/C20H20F3N3O3/c1-10(2)11-4-12-14(13-7-24-25-17(11)13)8-26(9-20(21,22)23)18(28)19(5-15(12)19)6-16(27)29-3/h4,7,15H,1,5-6,8-9H2,2-3H3,(H,24,25)/t15-,19+/m1/s1. The van der Waals surface area contributed by atoms with Gasteiger partial charge in [0.05, 0.1) is 30.7 Å². The Morgan fingerprint density at radius 2 is 2.21 bits per heavy atom. The van der Waals surface area contributed by atoms with Gasteiger partial charge >= 0.3 is 12.1 Å². The third-order valence-electron chi connectivity index (χ3n) is 5.91. The SMILES string of the molecule is C=C(C)c1cc2c(c3cn[nH]c13)CN(CC(F)(F)F)C(=O)[C@]1(CC(=O)OC)C[C@H]21. The highest BCUT2D eigenvalue weighted by Gasteiger charge is 2.65. The number of fused-ring (bicyclic) bond motifs is 5. The lowest BCUT2D eigenvalue weighted by Crippen LogP contribution is -2.42. The summed E-state index contributed by atoms with van der Waals surface area (Å²) in [5, 5.41) is 7.60. The van der Waals surface area contributed by atoms with E-state index in [4.69, 9.17) is 4.74 Å². The minimum Gasteiger partial charge on any atom is -0.469 e. The molecule has 2 atom stereocenters. The number of aromatic nitrogens is 2. The average Bonchev–Trinajstić information content (AvgIpc) is 3.15. The lowest BCUT2D eigenvalue weighted by Gasteiger charge is -2.27. The van der Waals surface area contributed by atoms with Gasteiger partial charge < -0.3 is 9.64 Å². The van der Waals surface area contributed by atoms with Gasteiger partial charge in [0.1, 0.15) is 6.54 Å². The number of nitrogens with one attached hydrogen (secondary N) is 1. The summed E-state index contributed by atoms with van der Waals surface area (Å²) in [6, 6.07) is 1.87. The maximum Gasteiger partial charge on any atom is 0.406 e. The van der Waals surface area contributed by atoms with E-state index in [0.717, 1.165) is 21.6 Å². The number of allylic oxidation sites excluding steroid dienone is 1. The number of carbonyl (C=O) groups excluding carboxylic acids is 2. The zero-order valence-electron chi connectivity index (χ0n) is 16.0. The van der Waals surface area contributed by atoms with E-state index in [0.29, 0.717) is 22.9 Å². The molecule has 0 spiro atoms. The smallest absolute Gasteiger partial charge is 0.406 e. The molecule has 1 aromatic carbocycles. The number of rotatable bonds is 4. The molecule has 0 bridgehead atoms. The van der Waals surface area contributed by atoms with Crippen LogP contribution in [-0.4, -0.2) is 46.8 Å². The van der Waals surface area contributed by atoms with Crippen molar-refractivity contribution in [2.75, 3.05) is 13.7 Å². The quantitative estimate of drug-likeness (QED) is 0.787. The Labute approximate surface area is 164 Å². The number of halogens is 3. The lowest BCUT2D eigenvalue weighted by molar-refractivity contribution is -0.167. The number of ether oxygens (including phenoxy) is 1. The summed E-state index contributed by atoms with van der Waals surface area (Å²) in [4.78, 5) is 26.0. The lowest BCUT2D eigenvalue weighted by atomic mass is 9.90. The van der Waals surface area contributed by atoms with Crippen LogP contribution >= 0.6 is 0 Å². The molecule has 9 heteroatoms. The van der Waals surface area contributed by atoms with Crippen molar-refractivity contribution in [2.45, 2.75) is 38.4 Å². The number of H-pyrrole nitrogens is 1. The molecule has 0 unspecified atom stereocenters. The zero-order chi connectivity index (χ0) is 21.1. The van der Waals surface area contributed by atoms with Crippen LogP contribution in [0.4, 0.5) is 13.2 Å². The maximum absolute atomic E-state index is 13.2. The van der Waals surface area contributed by atoms with Crippen molar-refractivity contribution in [3.05, 3.63) is 35.5 Å². The van der Waals surface area contributed by atoms with Gasteiger partial charge in [-0.05, 0) is 36.1 Å². The van der Waals surface area contributed by atoms with Crippen molar-refractivity contribution in [2.24, 2.45) is 5.41 Å². The number of hydrogen-bond donors (Lipinski definition) is 1. The molecule has 1 aliphatic heterocycles. The Kier molecular flexibility index (Phi) is 4.25. The molecule has 0 saturated heterocycles. The highest BCUT2D eigenvalue weighted by molar-refractivity contribution is 5.97. The minimum absolute atomic E-state index is 0.195. The highest BCUT2D eigenvalue weighted by Crippen LogP contribution is 2.65. The Hall–Kier alpha value is -2.84. The number of hydrogen-bond acceptors (Lipinski definition) is 4. The summed E-state index contributed by atoms with van der Waals surface area (Å²) >= 11 is 0. The number of alkyl halides is 3. The van der Waals surface area contributed by atoms with E-state index in [9.17, 15) is 22.8 Å². The number of benzene rings is 1. The van der Waals surface area contributed by atoms with E-state index in [1.54, 1.807) is 6.20 Å². The molecule has 2 aliphatic rings. The number of amides is 1. The first-order valence-electron chi connectivity index (χ1n) is 9.15. The van der Waals surface area contributed by atoms with Crippen LogP contribution in [-0.2, 0) is 20.9 Å². The number of aromatic amines is 1. The molecule has 1 saturated carbocycles. The van der Waals surface area contributed by atoms with Crippen LogP contribution in [0.5, 0.6) is 0 Å². The normalized spacial score (nSPS) is 23.4. The van der Waals surface area contributed by atoms with Crippen LogP contribution < -0.4 is 0 Å². The molecular weight excluding hydrogens is 387 g/mol. The molecule has 1 aliphatic carbocycles. The van der Waals surface area contributed by atoms with Gasteiger partial charge in [0.2, 0.25) is 5.91 Å². The summed E-state index contributed by atoms with van der Waals surface area (Å²) in [5.41, 5.74) is 2.45. The van der Waals surface area contributed by atoms with E-state index in [-0.39, 0.29) is 18.9 Å². The fraction of sp³-hybridized carbons (Fsp3) is 0.450. The molecule has 1 amide bonds. The third-order valence-corrected chi connectivity index (χ3v) is 5.91. The van der Waals surface area contributed by atoms with Crippen LogP contribution in [0, 0.1) is 5.41 Å². The number of nitrogens with zero attached hydrogens (tertiary/aromatic N) is 2. The first kappa shape index (κ1) is 19.5. The molecule has 2 heterocycles. The predicted octanol–water partition coefficient (Wildman–Crippen LogP) is 3.54. The average molecular weight is 407 g/mol. The summed E-state index contributed by atoms with van der Waals surface area (Å²) < 4.78 is 44.4. The summed E-state index contributed by atoms with van der Waals surface area (Å²) in [6.07, 6.45) is -2.93. The topological polar surface area (TPSA) is 75.3 Å². The van der Waals surface area contributed by atoms with Crippen molar-refractivity contribution in [1.29, 1.82) is 0 Å². The van der Waals surface area contributed by atoms with Crippen molar-refractivity contribution in [3.8, 4) is 0 Å². The summed E-state index contributed by atoms with van der Waals surface area (Å²) in [6.45, 7) is 4.24. The molecule has 1 aromatic heterocycles. The first-order valence-corrected chi connectivity index (χ1v) is 9.15. The van der Waals surface area contributed by atoms with Gasteiger partial charge in [-0.1, -0.05) is 6.58 Å². The van der Waals surface area contributed by atoms with Gasteiger partial charge in [0, 0.05) is 23.4 Å².